The minimum absolute atomic E-state index is 0.178. The van der Waals surface area contributed by atoms with Crippen molar-refractivity contribution in [1.82, 2.24) is 4.72 Å². The van der Waals surface area contributed by atoms with Crippen LogP contribution in [0.5, 0.6) is 0 Å². The predicted octanol–water partition coefficient (Wildman–Crippen LogP) is 1.75. The minimum atomic E-state index is -3.43. The maximum Gasteiger partial charge on any atom is 0.240 e. The molecular weight excluding hydrogens is 288 g/mol. The Labute approximate surface area is 126 Å². The van der Waals surface area contributed by atoms with E-state index in [9.17, 15) is 8.42 Å². The van der Waals surface area contributed by atoms with Gasteiger partial charge in [0.15, 0.2) is 0 Å². The molecule has 1 fully saturated rings. The molecule has 0 aromatic heterocycles. The van der Waals surface area contributed by atoms with Gasteiger partial charge in [-0.05, 0) is 43.0 Å². The fourth-order valence-electron chi connectivity index (χ4n) is 3.13. The fraction of sp³-hybridized carbons (Fsp3) is 0.600. The van der Waals surface area contributed by atoms with Crippen molar-refractivity contribution in [2.75, 3.05) is 25.0 Å². The molecule has 5 nitrogen and oxygen atoms in total. The molecule has 6 heteroatoms. The largest absolute Gasteiger partial charge is 0.384 e. The summed E-state index contributed by atoms with van der Waals surface area (Å²) < 4.78 is 33.2. The predicted molar refractivity (Wildman–Crippen MR) is 82.0 cm³/mol. The Bertz CT molecular complexity index is 615. The van der Waals surface area contributed by atoms with E-state index in [1.807, 2.05) is 6.07 Å². The first-order chi connectivity index (χ1) is 10.1. The molecule has 2 N–H and O–H groups in total. The lowest BCUT2D eigenvalue weighted by Crippen LogP contribution is -2.32. The van der Waals surface area contributed by atoms with Crippen LogP contribution in [0.15, 0.2) is 23.1 Å². The number of anilines is 1. The molecule has 1 aromatic rings. The molecule has 0 spiro atoms. The van der Waals surface area contributed by atoms with E-state index in [0.29, 0.717) is 11.4 Å². The number of ether oxygens (including phenoxy) is 1. The second-order valence-electron chi connectivity index (χ2n) is 5.71. The summed E-state index contributed by atoms with van der Waals surface area (Å²) in [4.78, 5) is 0.358. The molecule has 0 amide bonds. The van der Waals surface area contributed by atoms with Crippen LogP contribution in [-0.2, 0) is 21.2 Å². The second-order valence-corrected chi connectivity index (χ2v) is 7.48. The molecule has 2 unspecified atom stereocenters. The molecule has 0 saturated carbocycles. The topological polar surface area (TPSA) is 67.4 Å². The van der Waals surface area contributed by atoms with Crippen LogP contribution in [0.2, 0.25) is 0 Å². The van der Waals surface area contributed by atoms with Gasteiger partial charge in [-0.25, -0.2) is 13.1 Å². The van der Waals surface area contributed by atoms with Gasteiger partial charge in [0.25, 0.3) is 0 Å². The molecule has 1 aromatic carbocycles. The van der Waals surface area contributed by atoms with Crippen LogP contribution in [-0.4, -0.2) is 34.2 Å². The Morgan fingerprint density at radius 3 is 3.10 bits per heavy atom. The third kappa shape index (κ3) is 3.07. The number of rotatable bonds is 5. The highest BCUT2D eigenvalue weighted by Crippen LogP contribution is 2.26. The van der Waals surface area contributed by atoms with Gasteiger partial charge in [-0.1, -0.05) is 6.92 Å². The van der Waals surface area contributed by atoms with Gasteiger partial charge in [0.05, 0.1) is 11.0 Å². The van der Waals surface area contributed by atoms with Crippen LogP contribution < -0.4 is 10.0 Å². The Morgan fingerprint density at radius 1 is 1.43 bits per heavy atom. The Hall–Kier alpha value is -1.11. The number of benzene rings is 1. The van der Waals surface area contributed by atoms with Crippen LogP contribution in [0.1, 0.15) is 25.3 Å². The van der Waals surface area contributed by atoms with Crippen molar-refractivity contribution in [2.24, 2.45) is 5.92 Å². The number of nitrogens with one attached hydrogen (secondary N) is 2. The average molecular weight is 310 g/mol. The zero-order chi connectivity index (χ0) is 14.9. The third-order valence-electron chi connectivity index (χ3n) is 4.38. The summed E-state index contributed by atoms with van der Waals surface area (Å²) in [5.74, 6) is 0.279. The van der Waals surface area contributed by atoms with Crippen molar-refractivity contribution >= 4 is 15.7 Å². The highest BCUT2D eigenvalue weighted by molar-refractivity contribution is 7.89. The SMILES string of the molecule is CCC1OCCC1CNS(=O)(=O)c1ccc2c(c1)CCN2. The van der Waals surface area contributed by atoms with Gasteiger partial charge in [0, 0.05) is 31.3 Å². The van der Waals surface area contributed by atoms with Gasteiger partial charge < -0.3 is 10.1 Å². The van der Waals surface area contributed by atoms with Crippen LogP contribution in [0.3, 0.4) is 0 Å². The molecule has 2 aliphatic heterocycles. The van der Waals surface area contributed by atoms with Gasteiger partial charge in [0.1, 0.15) is 0 Å². The molecule has 116 valence electrons. The van der Waals surface area contributed by atoms with E-state index in [2.05, 4.69) is 17.0 Å². The first-order valence-corrected chi connectivity index (χ1v) is 9.06. The molecular formula is C15H22N2O3S. The molecule has 2 atom stereocenters. The Morgan fingerprint density at radius 2 is 2.29 bits per heavy atom. The lowest BCUT2D eigenvalue weighted by atomic mass is 10.0. The molecule has 1 saturated heterocycles. The number of hydrogen-bond donors (Lipinski definition) is 2. The van der Waals surface area contributed by atoms with E-state index in [-0.39, 0.29) is 12.0 Å². The maximum atomic E-state index is 12.4. The van der Waals surface area contributed by atoms with Crippen LogP contribution in [0.4, 0.5) is 5.69 Å². The van der Waals surface area contributed by atoms with E-state index < -0.39 is 10.0 Å². The Balaban J connectivity index is 1.69. The number of fused-ring (bicyclic) bond motifs is 1. The molecule has 0 aliphatic carbocycles. The van der Waals surface area contributed by atoms with Gasteiger partial charge in [0.2, 0.25) is 10.0 Å². The number of hydrogen-bond acceptors (Lipinski definition) is 4. The summed E-state index contributed by atoms with van der Waals surface area (Å²) in [7, 11) is -3.43. The lowest BCUT2D eigenvalue weighted by molar-refractivity contribution is 0.0884. The summed E-state index contributed by atoms with van der Waals surface area (Å²) in [5.41, 5.74) is 2.12. The van der Waals surface area contributed by atoms with Crippen LogP contribution in [0, 0.1) is 5.92 Å². The fourth-order valence-corrected chi connectivity index (χ4v) is 4.27. The average Bonchev–Trinajstić information content (AvgIpc) is 3.12. The summed E-state index contributed by atoms with van der Waals surface area (Å²) >= 11 is 0. The van der Waals surface area contributed by atoms with Crippen LogP contribution in [0.25, 0.3) is 0 Å². The lowest BCUT2D eigenvalue weighted by Gasteiger charge is -2.17. The zero-order valence-corrected chi connectivity index (χ0v) is 13.1. The maximum absolute atomic E-state index is 12.4. The molecule has 0 bridgehead atoms. The first-order valence-electron chi connectivity index (χ1n) is 7.58. The normalized spacial score (nSPS) is 24.8. The van der Waals surface area contributed by atoms with Crippen molar-refractivity contribution in [1.29, 1.82) is 0 Å². The van der Waals surface area contributed by atoms with Gasteiger partial charge >= 0.3 is 0 Å². The molecule has 3 rings (SSSR count). The van der Waals surface area contributed by atoms with E-state index >= 15 is 0 Å². The third-order valence-corrected chi connectivity index (χ3v) is 5.80. The van der Waals surface area contributed by atoms with Crippen molar-refractivity contribution < 1.29 is 13.2 Å². The molecule has 0 radical (unpaired) electrons. The highest BCUT2D eigenvalue weighted by Gasteiger charge is 2.28. The molecule has 2 heterocycles. The first kappa shape index (κ1) is 14.8. The summed E-state index contributed by atoms with van der Waals surface area (Å²) in [6.07, 6.45) is 2.91. The smallest absolute Gasteiger partial charge is 0.240 e. The van der Waals surface area contributed by atoms with Gasteiger partial charge in [-0.3, -0.25) is 0 Å². The van der Waals surface area contributed by atoms with E-state index in [1.54, 1.807) is 12.1 Å². The molecule has 21 heavy (non-hydrogen) atoms. The van der Waals surface area contributed by atoms with Crippen molar-refractivity contribution in [3.63, 3.8) is 0 Å². The second kappa shape index (κ2) is 5.94. The standard InChI is InChI=1S/C15H22N2O3S/c1-2-15-12(6-8-20-15)10-17-21(18,19)13-3-4-14-11(9-13)5-7-16-14/h3-4,9,12,15-17H,2,5-8,10H2,1H3. The van der Waals surface area contributed by atoms with Gasteiger partial charge in [-0.2, -0.15) is 0 Å². The van der Waals surface area contributed by atoms with E-state index in [4.69, 9.17) is 4.74 Å². The van der Waals surface area contributed by atoms with Crippen molar-refractivity contribution in [3.8, 4) is 0 Å². The van der Waals surface area contributed by atoms with Gasteiger partial charge in [-0.15, -0.1) is 0 Å². The summed E-state index contributed by atoms with van der Waals surface area (Å²) in [6, 6.07) is 5.30. The van der Waals surface area contributed by atoms with E-state index in [1.165, 1.54) is 0 Å². The summed E-state index contributed by atoms with van der Waals surface area (Å²) in [5, 5.41) is 3.24. The quantitative estimate of drug-likeness (QED) is 0.869. The van der Waals surface area contributed by atoms with Crippen LogP contribution >= 0.6 is 0 Å². The Kier molecular flexibility index (Phi) is 4.19. The number of sulfonamides is 1. The van der Waals surface area contributed by atoms with E-state index in [0.717, 1.165) is 43.7 Å². The van der Waals surface area contributed by atoms with Crippen molar-refractivity contribution in [3.05, 3.63) is 23.8 Å². The minimum Gasteiger partial charge on any atom is -0.384 e. The highest BCUT2D eigenvalue weighted by atomic mass is 32.2. The monoisotopic (exact) mass is 310 g/mol. The summed E-state index contributed by atoms with van der Waals surface area (Å²) in [6.45, 7) is 4.14. The zero-order valence-electron chi connectivity index (χ0n) is 12.3. The van der Waals surface area contributed by atoms with Crippen molar-refractivity contribution in [2.45, 2.75) is 37.2 Å². The molecule has 2 aliphatic rings.